The molecule has 3 N–H and O–H groups in total. The van der Waals surface area contributed by atoms with Crippen molar-refractivity contribution in [1.82, 2.24) is 9.78 Å². The van der Waals surface area contributed by atoms with Gasteiger partial charge in [-0.15, -0.1) is 0 Å². The minimum atomic E-state index is -1.82. The number of esters is 1. The number of hydrogen-bond acceptors (Lipinski definition) is 6. The first-order valence-electron chi connectivity index (χ1n) is 13.2. The highest BCUT2D eigenvalue weighted by Gasteiger charge is 2.68. The summed E-state index contributed by atoms with van der Waals surface area (Å²) in [5, 5.41) is 37.2. The van der Waals surface area contributed by atoms with E-state index in [0.717, 1.165) is 24.1 Å². The van der Waals surface area contributed by atoms with E-state index in [1.807, 2.05) is 6.92 Å². The van der Waals surface area contributed by atoms with Crippen molar-refractivity contribution in [1.29, 1.82) is 0 Å². The van der Waals surface area contributed by atoms with Gasteiger partial charge in [0.05, 0.1) is 36.4 Å². The van der Waals surface area contributed by atoms with Gasteiger partial charge in [-0.1, -0.05) is 19.4 Å². The summed E-state index contributed by atoms with van der Waals surface area (Å²) in [6.45, 7) is 4.04. The Hall–Kier alpha value is -3.04. The molecule has 0 unspecified atom stereocenters. The van der Waals surface area contributed by atoms with Crippen molar-refractivity contribution < 1.29 is 34.0 Å². The molecule has 4 aliphatic rings. The molecule has 3 fully saturated rings. The number of allylic oxidation sites excluding steroid dienone is 1. The smallest absolute Gasteiger partial charge is 0.340 e. The third-order valence-corrected chi connectivity index (χ3v) is 10.5. The number of nitrogens with zero attached hydrogens (tertiary/aromatic N) is 2. The maximum atomic E-state index is 14.3. The number of carbonyl (C=O) groups is 2. The van der Waals surface area contributed by atoms with Gasteiger partial charge >= 0.3 is 11.9 Å². The molecule has 0 aliphatic heterocycles. The molecule has 3 saturated carbocycles. The highest BCUT2D eigenvalue weighted by molar-refractivity contribution is 5.90. The van der Waals surface area contributed by atoms with Crippen LogP contribution in [0.25, 0.3) is 11.8 Å². The van der Waals surface area contributed by atoms with Gasteiger partial charge in [-0.05, 0) is 91.5 Å². The Morgan fingerprint density at radius 1 is 1.24 bits per heavy atom. The van der Waals surface area contributed by atoms with Gasteiger partial charge in [-0.2, -0.15) is 5.10 Å². The number of aliphatic carboxylic acids is 1. The standard InChI is InChI=1S/C29H33FN2O6/c1-27-12-15-14-31-32(17-5-7-21(30)19(11-17)25(34)38-3)22(15)10-16(27)4-6-18-20-8-9-29(37,26(35)36)28(20,2)13-23(33)24(18)27/h5,7,10-11,14,18,20,23-24,33,37H,4,6,8-9,12-13H2,1-3H3,(H,35,36)/t18-,20-,23-,24+,27+,28-,29-/m0/s1. The monoisotopic (exact) mass is 524 g/mol. The van der Waals surface area contributed by atoms with Crippen molar-refractivity contribution in [2.24, 2.45) is 28.6 Å². The van der Waals surface area contributed by atoms with Gasteiger partial charge < -0.3 is 20.1 Å². The molecule has 0 amide bonds. The lowest BCUT2D eigenvalue weighted by Gasteiger charge is -2.60. The lowest BCUT2D eigenvalue weighted by atomic mass is 9.45. The number of aliphatic hydroxyl groups is 2. The molecule has 0 saturated heterocycles. The van der Waals surface area contributed by atoms with E-state index >= 15 is 0 Å². The first kappa shape index (κ1) is 25.2. The van der Waals surface area contributed by atoms with Gasteiger partial charge in [0.1, 0.15) is 5.82 Å². The Bertz CT molecular complexity index is 1390. The Labute approximate surface area is 220 Å². The molecule has 0 radical (unpaired) electrons. The van der Waals surface area contributed by atoms with Crippen molar-refractivity contribution in [2.75, 3.05) is 7.11 Å². The third kappa shape index (κ3) is 3.18. The van der Waals surface area contributed by atoms with Gasteiger partial charge in [0.25, 0.3) is 0 Å². The van der Waals surface area contributed by atoms with Crippen LogP contribution in [0.3, 0.4) is 0 Å². The summed E-state index contributed by atoms with van der Waals surface area (Å²) in [6, 6.07) is 4.25. The molecule has 1 aromatic heterocycles. The van der Waals surface area contributed by atoms with Crippen LogP contribution in [0.5, 0.6) is 0 Å². The van der Waals surface area contributed by atoms with Crippen molar-refractivity contribution in [3.8, 4) is 5.69 Å². The summed E-state index contributed by atoms with van der Waals surface area (Å²) in [7, 11) is 1.21. The van der Waals surface area contributed by atoms with Crippen molar-refractivity contribution in [3.05, 3.63) is 52.6 Å². The summed E-state index contributed by atoms with van der Waals surface area (Å²) in [4.78, 5) is 24.1. The number of rotatable bonds is 3. The quantitative estimate of drug-likeness (QED) is 0.523. The van der Waals surface area contributed by atoms with Crippen molar-refractivity contribution >= 4 is 18.0 Å². The van der Waals surface area contributed by atoms with Gasteiger partial charge in [-0.3, -0.25) is 0 Å². The Balaban J connectivity index is 1.37. The lowest BCUT2D eigenvalue weighted by Crippen LogP contribution is -2.61. The maximum absolute atomic E-state index is 14.3. The molecule has 0 bridgehead atoms. The van der Waals surface area contributed by atoms with Crippen LogP contribution in [0.2, 0.25) is 0 Å². The fraction of sp³-hybridized carbons (Fsp3) is 0.552. The number of carboxylic acids is 1. The number of benzene rings is 1. The highest BCUT2D eigenvalue weighted by Crippen LogP contribution is 2.67. The van der Waals surface area contributed by atoms with E-state index in [1.54, 1.807) is 16.9 Å². The van der Waals surface area contributed by atoms with Crippen molar-refractivity contribution in [3.63, 3.8) is 0 Å². The zero-order valence-electron chi connectivity index (χ0n) is 21.8. The molecule has 0 spiro atoms. The van der Waals surface area contributed by atoms with Crippen LogP contribution in [0.4, 0.5) is 4.39 Å². The van der Waals surface area contributed by atoms with E-state index in [9.17, 15) is 29.3 Å². The highest BCUT2D eigenvalue weighted by atomic mass is 19.1. The maximum Gasteiger partial charge on any atom is 0.340 e. The number of halogens is 1. The number of aromatic nitrogens is 2. The van der Waals surface area contributed by atoms with Crippen LogP contribution in [0.15, 0.2) is 30.0 Å². The summed E-state index contributed by atoms with van der Waals surface area (Å²) in [6.07, 6.45) is 6.53. The second-order valence-electron chi connectivity index (χ2n) is 12.1. The normalized spacial score (nSPS) is 37.4. The van der Waals surface area contributed by atoms with Crippen LogP contribution in [-0.2, 0) is 16.0 Å². The number of methoxy groups -OCH3 is 1. The molecule has 9 heteroatoms. The molecule has 4 aliphatic carbocycles. The number of hydrogen-bond donors (Lipinski definition) is 3. The number of fused-ring (bicyclic) bond motifs is 6. The summed E-state index contributed by atoms with van der Waals surface area (Å²) in [5.74, 6) is -2.54. The molecule has 2 aromatic rings. The predicted octanol–water partition coefficient (Wildman–Crippen LogP) is 3.77. The van der Waals surface area contributed by atoms with Gasteiger partial charge in [0.15, 0.2) is 5.60 Å². The minimum Gasteiger partial charge on any atom is -0.479 e. The molecule has 6 rings (SSSR count). The first-order chi connectivity index (χ1) is 17.9. The average Bonchev–Trinajstić information content (AvgIpc) is 3.39. The predicted molar refractivity (Wildman–Crippen MR) is 135 cm³/mol. The Morgan fingerprint density at radius 2 is 2.00 bits per heavy atom. The lowest BCUT2D eigenvalue weighted by molar-refractivity contribution is -0.193. The molecular formula is C29H33FN2O6. The first-order valence-corrected chi connectivity index (χ1v) is 13.2. The minimum absolute atomic E-state index is 0.0236. The summed E-state index contributed by atoms with van der Waals surface area (Å²) in [5.41, 5.74) is 0.432. The Morgan fingerprint density at radius 3 is 2.71 bits per heavy atom. The fourth-order valence-electron chi connectivity index (χ4n) is 8.66. The van der Waals surface area contributed by atoms with Gasteiger partial charge in [0.2, 0.25) is 0 Å². The second-order valence-corrected chi connectivity index (χ2v) is 12.1. The summed E-state index contributed by atoms with van der Waals surface area (Å²) >= 11 is 0. The van der Waals surface area contributed by atoms with Crippen LogP contribution in [0, 0.1) is 34.4 Å². The molecule has 7 atom stereocenters. The van der Waals surface area contributed by atoms with E-state index in [-0.39, 0.29) is 41.6 Å². The molecule has 8 nitrogen and oxygen atoms in total. The topological polar surface area (TPSA) is 122 Å². The summed E-state index contributed by atoms with van der Waals surface area (Å²) < 4.78 is 20.7. The van der Waals surface area contributed by atoms with E-state index in [1.165, 1.54) is 24.8 Å². The zero-order chi connectivity index (χ0) is 27.2. The second kappa shape index (κ2) is 8.23. The molecule has 1 aromatic carbocycles. The third-order valence-electron chi connectivity index (χ3n) is 10.5. The number of carboxylic acid groups (broad SMARTS) is 1. The van der Waals surface area contributed by atoms with E-state index in [0.29, 0.717) is 18.5 Å². The van der Waals surface area contributed by atoms with E-state index < -0.39 is 34.9 Å². The van der Waals surface area contributed by atoms with Crippen LogP contribution in [0.1, 0.15) is 67.6 Å². The zero-order valence-corrected chi connectivity index (χ0v) is 21.8. The van der Waals surface area contributed by atoms with Gasteiger partial charge in [0, 0.05) is 5.41 Å². The van der Waals surface area contributed by atoms with E-state index in [2.05, 4.69) is 18.1 Å². The Kier molecular flexibility index (Phi) is 5.47. The number of ether oxygens (including phenoxy) is 1. The molecule has 38 heavy (non-hydrogen) atoms. The molecule has 1 heterocycles. The molecular weight excluding hydrogens is 491 g/mol. The SMILES string of the molecule is COC(=O)c1cc(-n2ncc3c2C=C2CC[C@@H]4[C@H]([C@@H](O)C[C@@]5(C)[C@H]4CC[C@]5(O)C(=O)O)[C@]2(C)C3)ccc1F. The average molecular weight is 525 g/mol. The van der Waals surface area contributed by atoms with E-state index in [4.69, 9.17) is 4.74 Å². The largest absolute Gasteiger partial charge is 0.479 e. The van der Waals surface area contributed by atoms with Crippen molar-refractivity contribution in [2.45, 2.75) is 64.1 Å². The van der Waals surface area contributed by atoms with Crippen LogP contribution in [-0.4, -0.2) is 55.9 Å². The van der Waals surface area contributed by atoms with Crippen LogP contribution < -0.4 is 0 Å². The number of carbonyl (C=O) groups excluding carboxylic acids is 1. The fourth-order valence-corrected chi connectivity index (χ4v) is 8.66. The van der Waals surface area contributed by atoms with Gasteiger partial charge in [-0.25, -0.2) is 18.7 Å². The van der Waals surface area contributed by atoms with Crippen LogP contribution >= 0.6 is 0 Å². The number of aliphatic hydroxyl groups excluding tert-OH is 1. The molecule has 202 valence electrons.